The zero-order valence-corrected chi connectivity index (χ0v) is 12.0. The summed E-state index contributed by atoms with van der Waals surface area (Å²) in [4.78, 5) is 11.3. The van der Waals surface area contributed by atoms with E-state index in [-0.39, 0.29) is 11.9 Å². The predicted molar refractivity (Wildman–Crippen MR) is 71.6 cm³/mol. The van der Waals surface area contributed by atoms with Gasteiger partial charge in [-0.1, -0.05) is 0 Å². The fraction of sp³-hybridized carbons (Fsp3) is 0.545. The van der Waals surface area contributed by atoms with Crippen molar-refractivity contribution in [3.05, 3.63) is 20.8 Å². The normalized spacial score (nSPS) is 10.8. The molecule has 0 aliphatic heterocycles. The molecule has 0 fully saturated rings. The van der Waals surface area contributed by atoms with Crippen LogP contribution in [0.1, 0.15) is 25.8 Å². The molecular weight excluding hydrogens is 288 g/mol. The Morgan fingerprint density at radius 3 is 2.88 bits per heavy atom. The van der Waals surface area contributed by atoms with Gasteiger partial charge in [-0.25, -0.2) is 0 Å². The van der Waals surface area contributed by atoms with Crippen LogP contribution in [0.5, 0.6) is 0 Å². The molecule has 1 amide bonds. The number of nitrogens with one attached hydrogen (secondary N) is 2. The molecule has 1 heterocycles. The molecule has 0 unspecified atom stereocenters. The van der Waals surface area contributed by atoms with Crippen LogP contribution in [-0.2, 0) is 11.3 Å². The van der Waals surface area contributed by atoms with E-state index in [0.717, 1.165) is 10.3 Å². The largest absolute Gasteiger partial charge is 0.354 e. The van der Waals surface area contributed by atoms with E-state index < -0.39 is 0 Å². The van der Waals surface area contributed by atoms with E-state index in [0.29, 0.717) is 13.0 Å². The van der Waals surface area contributed by atoms with Crippen molar-refractivity contribution in [1.29, 1.82) is 0 Å². The van der Waals surface area contributed by atoms with Gasteiger partial charge in [0.15, 0.2) is 0 Å². The molecule has 0 aliphatic carbocycles. The fourth-order valence-electron chi connectivity index (χ4n) is 1.27. The number of halogens is 1. The van der Waals surface area contributed by atoms with Gasteiger partial charge in [-0.2, -0.15) is 0 Å². The Bertz CT molecular complexity index is 338. The first kappa shape index (κ1) is 13.7. The van der Waals surface area contributed by atoms with Gasteiger partial charge in [0, 0.05) is 25.6 Å². The second-order valence-corrected chi connectivity index (χ2v) is 6.20. The quantitative estimate of drug-likeness (QED) is 0.793. The van der Waals surface area contributed by atoms with Crippen molar-refractivity contribution in [2.75, 3.05) is 6.54 Å². The highest BCUT2D eigenvalue weighted by atomic mass is 79.9. The van der Waals surface area contributed by atoms with Gasteiger partial charge in [-0.05, 0) is 46.8 Å². The molecule has 0 bridgehead atoms. The van der Waals surface area contributed by atoms with Gasteiger partial charge in [-0.3, -0.25) is 4.79 Å². The van der Waals surface area contributed by atoms with Crippen molar-refractivity contribution in [2.45, 2.75) is 32.9 Å². The zero-order valence-electron chi connectivity index (χ0n) is 9.55. The zero-order chi connectivity index (χ0) is 12.0. The first-order valence-electron chi connectivity index (χ1n) is 5.31. The molecule has 0 radical (unpaired) electrons. The van der Waals surface area contributed by atoms with Gasteiger partial charge in [0.25, 0.3) is 0 Å². The van der Waals surface area contributed by atoms with Crippen molar-refractivity contribution in [1.82, 2.24) is 10.6 Å². The van der Waals surface area contributed by atoms with Crippen LogP contribution < -0.4 is 10.6 Å². The Labute approximate surface area is 109 Å². The van der Waals surface area contributed by atoms with Crippen molar-refractivity contribution in [3.63, 3.8) is 0 Å². The lowest BCUT2D eigenvalue weighted by Gasteiger charge is -2.08. The second-order valence-electron chi connectivity index (χ2n) is 3.91. The summed E-state index contributed by atoms with van der Waals surface area (Å²) in [6.07, 6.45) is 0.531. The average molecular weight is 305 g/mol. The molecule has 1 aromatic rings. The number of hydrogen-bond donors (Lipinski definition) is 2. The predicted octanol–water partition coefficient (Wildman–Crippen LogP) is 2.51. The third-order valence-electron chi connectivity index (χ3n) is 1.93. The summed E-state index contributed by atoms with van der Waals surface area (Å²) >= 11 is 5.09. The lowest BCUT2D eigenvalue weighted by Crippen LogP contribution is -2.32. The van der Waals surface area contributed by atoms with Crippen LogP contribution >= 0.6 is 27.3 Å². The Hall–Kier alpha value is -0.390. The van der Waals surface area contributed by atoms with E-state index in [4.69, 9.17) is 0 Å². The van der Waals surface area contributed by atoms with E-state index in [1.54, 1.807) is 11.3 Å². The Morgan fingerprint density at radius 2 is 2.31 bits per heavy atom. The third kappa shape index (κ3) is 5.63. The molecule has 0 atom stereocenters. The summed E-state index contributed by atoms with van der Waals surface area (Å²) in [5, 5.41) is 8.21. The summed E-state index contributed by atoms with van der Waals surface area (Å²) in [6, 6.07) is 2.31. The molecule has 90 valence electrons. The van der Waals surface area contributed by atoms with Crippen LogP contribution in [0.2, 0.25) is 0 Å². The first-order valence-corrected chi connectivity index (χ1v) is 6.98. The van der Waals surface area contributed by atoms with E-state index in [2.05, 4.69) is 38.0 Å². The summed E-state index contributed by atoms with van der Waals surface area (Å²) in [7, 11) is 0. The van der Waals surface area contributed by atoms with E-state index >= 15 is 0 Å². The summed E-state index contributed by atoms with van der Waals surface area (Å²) in [6.45, 7) is 5.46. The van der Waals surface area contributed by atoms with Crippen molar-refractivity contribution in [3.8, 4) is 0 Å². The minimum absolute atomic E-state index is 0.106. The van der Waals surface area contributed by atoms with Crippen LogP contribution in [0.15, 0.2) is 15.2 Å². The smallest absolute Gasteiger partial charge is 0.221 e. The molecule has 0 aromatic carbocycles. The van der Waals surface area contributed by atoms with Crippen molar-refractivity contribution in [2.24, 2.45) is 0 Å². The number of amides is 1. The molecule has 16 heavy (non-hydrogen) atoms. The molecule has 0 spiro atoms. The minimum atomic E-state index is 0.106. The van der Waals surface area contributed by atoms with Gasteiger partial charge in [0.2, 0.25) is 5.91 Å². The highest BCUT2D eigenvalue weighted by Gasteiger charge is 2.02. The maximum atomic E-state index is 11.3. The van der Waals surface area contributed by atoms with Crippen LogP contribution in [-0.4, -0.2) is 18.5 Å². The maximum Gasteiger partial charge on any atom is 0.221 e. The molecule has 2 N–H and O–H groups in total. The van der Waals surface area contributed by atoms with Gasteiger partial charge in [0.05, 0.1) is 3.79 Å². The number of carbonyl (C=O) groups is 1. The lowest BCUT2D eigenvalue weighted by molar-refractivity contribution is -0.121. The Morgan fingerprint density at radius 1 is 1.56 bits per heavy atom. The van der Waals surface area contributed by atoms with Gasteiger partial charge < -0.3 is 10.6 Å². The SMILES string of the molecule is CC(C)NC(=O)CCNCc1csc(Br)c1. The second kappa shape index (κ2) is 7.04. The average Bonchev–Trinajstić information content (AvgIpc) is 2.58. The molecule has 5 heteroatoms. The van der Waals surface area contributed by atoms with Crippen LogP contribution in [0.4, 0.5) is 0 Å². The molecular formula is C11H17BrN2OS. The summed E-state index contributed by atoms with van der Waals surface area (Å²) < 4.78 is 1.14. The van der Waals surface area contributed by atoms with E-state index in [9.17, 15) is 4.79 Å². The standard InChI is InChI=1S/C11H17BrN2OS/c1-8(2)14-11(15)3-4-13-6-9-5-10(12)16-7-9/h5,7-8,13H,3-4,6H2,1-2H3,(H,14,15). The van der Waals surface area contributed by atoms with Gasteiger partial charge in [0.1, 0.15) is 0 Å². The molecule has 0 aliphatic rings. The van der Waals surface area contributed by atoms with Crippen molar-refractivity contribution >= 4 is 33.2 Å². The van der Waals surface area contributed by atoms with Crippen LogP contribution in [0, 0.1) is 0 Å². The Balaban J connectivity index is 2.10. The van der Waals surface area contributed by atoms with E-state index in [1.807, 2.05) is 13.8 Å². The monoisotopic (exact) mass is 304 g/mol. The van der Waals surface area contributed by atoms with Gasteiger partial charge in [-0.15, -0.1) is 11.3 Å². The third-order valence-corrected chi connectivity index (χ3v) is 3.48. The fourth-order valence-corrected chi connectivity index (χ4v) is 2.48. The lowest BCUT2D eigenvalue weighted by atomic mass is 10.3. The van der Waals surface area contributed by atoms with Crippen LogP contribution in [0.3, 0.4) is 0 Å². The first-order chi connectivity index (χ1) is 7.58. The number of thiophene rings is 1. The number of carbonyl (C=O) groups excluding carboxylic acids is 1. The van der Waals surface area contributed by atoms with Crippen molar-refractivity contribution < 1.29 is 4.79 Å². The minimum Gasteiger partial charge on any atom is -0.354 e. The molecule has 1 aromatic heterocycles. The van der Waals surface area contributed by atoms with Crippen LogP contribution in [0.25, 0.3) is 0 Å². The molecule has 3 nitrogen and oxygen atoms in total. The highest BCUT2D eigenvalue weighted by Crippen LogP contribution is 2.20. The molecule has 1 rings (SSSR count). The Kier molecular flexibility index (Phi) is 6.01. The number of rotatable bonds is 6. The maximum absolute atomic E-state index is 11.3. The molecule has 0 saturated carbocycles. The van der Waals surface area contributed by atoms with E-state index in [1.165, 1.54) is 5.56 Å². The highest BCUT2D eigenvalue weighted by molar-refractivity contribution is 9.11. The number of hydrogen-bond acceptors (Lipinski definition) is 3. The van der Waals surface area contributed by atoms with Gasteiger partial charge >= 0.3 is 0 Å². The summed E-state index contributed by atoms with van der Waals surface area (Å²) in [5.74, 6) is 0.106. The summed E-state index contributed by atoms with van der Waals surface area (Å²) in [5.41, 5.74) is 1.25. The topological polar surface area (TPSA) is 41.1 Å². The molecule has 0 saturated heterocycles.